The van der Waals surface area contributed by atoms with Crippen LogP contribution in [0.1, 0.15) is 41.6 Å². The summed E-state index contributed by atoms with van der Waals surface area (Å²) in [6.07, 6.45) is 5.16. The summed E-state index contributed by atoms with van der Waals surface area (Å²) in [5.74, 6) is 1.40. The molecule has 0 bridgehead atoms. The Balaban J connectivity index is 1.87. The lowest BCUT2D eigenvalue weighted by Gasteiger charge is -2.30. The zero-order valence-corrected chi connectivity index (χ0v) is 13.1. The molecule has 3 heteroatoms. The first-order valence-electron chi connectivity index (χ1n) is 7.11. The molecule has 1 N–H and O–H groups in total. The standard InChI is InChI=1S/C16H22BrNO/c1-12-6-8-13(9-7-12)16(19)18-11-15-5-3-2-4-14(15)10-17/h6-9,14-15H,2-5,10-11H2,1H3,(H,18,19). The van der Waals surface area contributed by atoms with E-state index in [1.165, 1.54) is 31.2 Å². The van der Waals surface area contributed by atoms with Crippen LogP contribution in [-0.2, 0) is 0 Å². The number of aryl methyl sites for hydroxylation is 1. The van der Waals surface area contributed by atoms with Crippen molar-refractivity contribution in [3.8, 4) is 0 Å². The second kappa shape index (κ2) is 7.09. The predicted molar refractivity (Wildman–Crippen MR) is 82.8 cm³/mol. The van der Waals surface area contributed by atoms with Crippen LogP contribution in [0.2, 0.25) is 0 Å². The lowest BCUT2D eigenvalue weighted by molar-refractivity contribution is 0.0937. The summed E-state index contributed by atoms with van der Waals surface area (Å²) in [6, 6.07) is 7.76. The molecule has 2 atom stereocenters. The number of carbonyl (C=O) groups excluding carboxylic acids is 1. The Morgan fingerprint density at radius 3 is 2.47 bits per heavy atom. The van der Waals surface area contributed by atoms with E-state index in [-0.39, 0.29) is 5.91 Å². The fourth-order valence-electron chi connectivity index (χ4n) is 2.79. The van der Waals surface area contributed by atoms with Gasteiger partial charge in [-0.15, -0.1) is 0 Å². The highest BCUT2D eigenvalue weighted by Crippen LogP contribution is 2.30. The van der Waals surface area contributed by atoms with E-state index in [4.69, 9.17) is 0 Å². The monoisotopic (exact) mass is 323 g/mol. The van der Waals surface area contributed by atoms with Gasteiger partial charge in [0.15, 0.2) is 0 Å². The number of hydrogen-bond donors (Lipinski definition) is 1. The summed E-state index contributed by atoms with van der Waals surface area (Å²) in [6.45, 7) is 2.84. The van der Waals surface area contributed by atoms with Gasteiger partial charge in [0.05, 0.1) is 0 Å². The van der Waals surface area contributed by atoms with Gasteiger partial charge in [-0.3, -0.25) is 4.79 Å². The second-order valence-corrected chi connectivity index (χ2v) is 6.18. The Labute approximate surface area is 124 Å². The number of amides is 1. The van der Waals surface area contributed by atoms with E-state index in [9.17, 15) is 4.79 Å². The summed E-state index contributed by atoms with van der Waals surface area (Å²) in [5, 5.41) is 4.15. The van der Waals surface area contributed by atoms with E-state index in [1.807, 2.05) is 31.2 Å². The van der Waals surface area contributed by atoms with Crippen LogP contribution in [-0.4, -0.2) is 17.8 Å². The zero-order valence-electron chi connectivity index (χ0n) is 11.5. The Kier molecular flexibility index (Phi) is 5.44. The van der Waals surface area contributed by atoms with Gasteiger partial charge in [-0.25, -0.2) is 0 Å². The van der Waals surface area contributed by atoms with Gasteiger partial charge in [0, 0.05) is 17.4 Å². The Hall–Kier alpha value is -0.830. The Morgan fingerprint density at radius 2 is 1.84 bits per heavy atom. The highest BCUT2D eigenvalue weighted by atomic mass is 79.9. The third-order valence-electron chi connectivity index (χ3n) is 4.10. The maximum Gasteiger partial charge on any atom is 0.251 e. The lowest BCUT2D eigenvalue weighted by atomic mass is 9.80. The first kappa shape index (κ1) is 14.6. The maximum atomic E-state index is 12.1. The highest BCUT2D eigenvalue weighted by Gasteiger charge is 2.24. The van der Waals surface area contributed by atoms with Crippen molar-refractivity contribution in [2.45, 2.75) is 32.6 Å². The molecule has 2 nitrogen and oxygen atoms in total. The molecule has 0 aromatic heterocycles. The molecule has 2 rings (SSSR count). The van der Waals surface area contributed by atoms with Crippen molar-refractivity contribution in [3.63, 3.8) is 0 Å². The fourth-order valence-corrected chi connectivity index (χ4v) is 3.64. The van der Waals surface area contributed by atoms with Crippen molar-refractivity contribution < 1.29 is 4.79 Å². The molecule has 1 fully saturated rings. The van der Waals surface area contributed by atoms with Crippen molar-refractivity contribution in [1.29, 1.82) is 0 Å². The number of alkyl halides is 1. The SMILES string of the molecule is Cc1ccc(C(=O)NCC2CCCCC2CBr)cc1. The molecule has 104 valence electrons. The van der Waals surface area contributed by atoms with Crippen LogP contribution >= 0.6 is 15.9 Å². The quantitative estimate of drug-likeness (QED) is 0.836. The fraction of sp³-hybridized carbons (Fsp3) is 0.562. The molecule has 0 radical (unpaired) electrons. The molecule has 2 unspecified atom stereocenters. The first-order valence-corrected chi connectivity index (χ1v) is 8.23. The smallest absolute Gasteiger partial charge is 0.251 e. The molecule has 1 aliphatic rings. The molecule has 0 aliphatic heterocycles. The summed E-state index contributed by atoms with van der Waals surface area (Å²) < 4.78 is 0. The minimum Gasteiger partial charge on any atom is -0.352 e. The van der Waals surface area contributed by atoms with Crippen LogP contribution in [0, 0.1) is 18.8 Å². The van der Waals surface area contributed by atoms with Crippen molar-refractivity contribution >= 4 is 21.8 Å². The van der Waals surface area contributed by atoms with Crippen molar-refractivity contribution in [2.24, 2.45) is 11.8 Å². The molecule has 1 aliphatic carbocycles. The topological polar surface area (TPSA) is 29.1 Å². The van der Waals surface area contributed by atoms with Crippen molar-refractivity contribution in [3.05, 3.63) is 35.4 Å². The summed E-state index contributed by atoms with van der Waals surface area (Å²) in [7, 11) is 0. The number of hydrogen-bond acceptors (Lipinski definition) is 1. The summed E-state index contributed by atoms with van der Waals surface area (Å²) >= 11 is 3.60. The van der Waals surface area contributed by atoms with E-state index >= 15 is 0 Å². The molecule has 0 heterocycles. The number of benzene rings is 1. The zero-order chi connectivity index (χ0) is 13.7. The van der Waals surface area contributed by atoms with Gasteiger partial charge in [0.25, 0.3) is 5.91 Å². The van der Waals surface area contributed by atoms with Crippen LogP contribution in [0.25, 0.3) is 0 Å². The number of carbonyl (C=O) groups is 1. The Bertz CT molecular complexity index is 415. The van der Waals surface area contributed by atoms with Crippen LogP contribution in [0.4, 0.5) is 0 Å². The predicted octanol–water partition coefficient (Wildman–Crippen LogP) is 3.93. The largest absolute Gasteiger partial charge is 0.352 e. The van der Waals surface area contributed by atoms with E-state index in [2.05, 4.69) is 21.2 Å². The molecule has 0 spiro atoms. The third kappa shape index (κ3) is 4.07. The molecule has 1 amide bonds. The van der Waals surface area contributed by atoms with E-state index in [0.29, 0.717) is 11.8 Å². The van der Waals surface area contributed by atoms with Crippen LogP contribution in [0.3, 0.4) is 0 Å². The van der Waals surface area contributed by atoms with Gasteiger partial charge in [-0.2, -0.15) is 0 Å². The average molecular weight is 324 g/mol. The number of rotatable bonds is 4. The summed E-state index contributed by atoms with van der Waals surface area (Å²) in [4.78, 5) is 12.1. The van der Waals surface area contributed by atoms with Gasteiger partial charge in [-0.05, 0) is 43.7 Å². The minimum atomic E-state index is 0.0545. The van der Waals surface area contributed by atoms with Crippen LogP contribution in [0.15, 0.2) is 24.3 Å². The van der Waals surface area contributed by atoms with Gasteiger partial charge < -0.3 is 5.32 Å². The highest BCUT2D eigenvalue weighted by molar-refractivity contribution is 9.09. The van der Waals surface area contributed by atoms with Gasteiger partial charge >= 0.3 is 0 Å². The van der Waals surface area contributed by atoms with Crippen molar-refractivity contribution in [2.75, 3.05) is 11.9 Å². The maximum absolute atomic E-state index is 12.1. The van der Waals surface area contributed by atoms with E-state index in [0.717, 1.165) is 17.4 Å². The Morgan fingerprint density at radius 1 is 1.21 bits per heavy atom. The first-order chi connectivity index (χ1) is 9.20. The molecule has 1 saturated carbocycles. The van der Waals surface area contributed by atoms with Crippen LogP contribution in [0.5, 0.6) is 0 Å². The average Bonchev–Trinajstić information content (AvgIpc) is 2.45. The third-order valence-corrected chi connectivity index (χ3v) is 4.93. The van der Waals surface area contributed by atoms with Gasteiger partial charge in [-0.1, -0.05) is 46.5 Å². The molecular formula is C16H22BrNO. The van der Waals surface area contributed by atoms with E-state index < -0.39 is 0 Å². The molecule has 1 aromatic rings. The number of halogens is 1. The van der Waals surface area contributed by atoms with E-state index in [1.54, 1.807) is 0 Å². The molecular weight excluding hydrogens is 302 g/mol. The van der Waals surface area contributed by atoms with Gasteiger partial charge in [0.2, 0.25) is 0 Å². The normalized spacial score (nSPS) is 23.1. The molecule has 0 saturated heterocycles. The lowest BCUT2D eigenvalue weighted by Crippen LogP contribution is -2.34. The molecule has 1 aromatic carbocycles. The van der Waals surface area contributed by atoms with Gasteiger partial charge in [0.1, 0.15) is 0 Å². The van der Waals surface area contributed by atoms with Crippen LogP contribution < -0.4 is 5.32 Å². The summed E-state index contributed by atoms with van der Waals surface area (Å²) in [5.41, 5.74) is 1.94. The second-order valence-electron chi connectivity index (χ2n) is 5.53. The minimum absolute atomic E-state index is 0.0545. The van der Waals surface area contributed by atoms with Crippen molar-refractivity contribution in [1.82, 2.24) is 5.32 Å². The molecule has 19 heavy (non-hydrogen) atoms. The number of nitrogens with one attached hydrogen (secondary N) is 1.